The number of thioether (sulfide) groups is 1. The Morgan fingerprint density at radius 1 is 1.50 bits per heavy atom. The van der Waals surface area contributed by atoms with Crippen LogP contribution in [-0.2, 0) is 6.67 Å². The highest BCUT2D eigenvalue weighted by molar-refractivity contribution is 8.06. The minimum absolute atomic E-state index is 0.966. The number of aromatic nitrogens is 1. The van der Waals surface area contributed by atoms with Crippen LogP contribution >= 0.6 is 23.1 Å². The zero-order valence-electron chi connectivity index (χ0n) is 6.30. The van der Waals surface area contributed by atoms with Gasteiger partial charge in [-0.2, -0.15) is 4.57 Å². The second-order valence-electron chi connectivity index (χ2n) is 2.71. The van der Waals surface area contributed by atoms with Gasteiger partial charge < -0.3 is 0 Å². The number of thiazole rings is 1. The summed E-state index contributed by atoms with van der Waals surface area (Å²) >= 11 is 3.59. The lowest BCUT2D eigenvalue weighted by atomic mass is 10.5. The van der Waals surface area contributed by atoms with Crippen molar-refractivity contribution >= 4 is 29.2 Å². The zero-order valence-corrected chi connectivity index (χ0v) is 7.94. The lowest BCUT2D eigenvalue weighted by Gasteiger charge is -2.16. The average molecular weight is 195 g/mol. The summed E-state index contributed by atoms with van der Waals surface area (Å²) in [5, 5.41) is 6.95. The van der Waals surface area contributed by atoms with Crippen LogP contribution in [0, 0.1) is 0 Å². The number of rotatable bonds is 0. The molecule has 3 heterocycles. The van der Waals surface area contributed by atoms with Crippen molar-refractivity contribution in [2.45, 2.75) is 6.67 Å². The van der Waals surface area contributed by atoms with Gasteiger partial charge in [0.1, 0.15) is 0 Å². The molecule has 2 nitrogen and oxygen atoms in total. The monoisotopic (exact) mass is 195 g/mol. The maximum Gasteiger partial charge on any atom is 0.265 e. The standard InChI is InChI=1S/C8H7N2S2/c1-3-11-7-5-8-10(2-4-12-8)6-9(1)7/h1-5H,6H2/q+1. The van der Waals surface area contributed by atoms with Crippen LogP contribution in [0.15, 0.2) is 28.2 Å². The van der Waals surface area contributed by atoms with Crippen molar-refractivity contribution in [2.75, 3.05) is 0 Å². The van der Waals surface area contributed by atoms with E-state index in [9.17, 15) is 0 Å². The molecule has 60 valence electrons. The van der Waals surface area contributed by atoms with Gasteiger partial charge in [-0.3, -0.25) is 4.90 Å². The second kappa shape index (κ2) is 2.37. The van der Waals surface area contributed by atoms with Crippen LogP contribution in [0.4, 0.5) is 0 Å². The van der Waals surface area contributed by atoms with Crippen molar-refractivity contribution in [3.63, 3.8) is 0 Å². The van der Waals surface area contributed by atoms with Gasteiger partial charge in [-0.05, 0) is 5.41 Å². The van der Waals surface area contributed by atoms with E-state index >= 15 is 0 Å². The summed E-state index contributed by atoms with van der Waals surface area (Å²) in [5.74, 6) is 0. The number of nitrogens with zero attached hydrogens (tertiary/aromatic N) is 2. The molecule has 0 spiro atoms. The van der Waals surface area contributed by atoms with E-state index < -0.39 is 0 Å². The largest absolute Gasteiger partial charge is 0.285 e. The van der Waals surface area contributed by atoms with Crippen LogP contribution in [0.5, 0.6) is 0 Å². The van der Waals surface area contributed by atoms with Gasteiger partial charge in [0.05, 0.1) is 16.5 Å². The molecule has 12 heavy (non-hydrogen) atoms. The maximum atomic E-state index is 2.25. The molecule has 0 unspecified atom stereocenters. The molecule has 0 saturated heterocycles. The Hall–Kier alpha value is -0.740. The molecule has 4 heteroatoms. The third-order valence-corrected chi connectivity index (χ3v) is 3.68. The summed E-state index contributed by atoms with van der Waals surface area (Å²) in [6.45, 7) is 0.966. The lowest BCUT2D eigenvalue weighted by molar-refractivity contribution is -0.710. The Bertz CT molecular complexity index is 378. The summed E-state index contributed by atoms with van der Waals surface area (Å²) in [7, 11) is 0. The predicted molar refractivity (Wildman–Crippen MR) is 51.1 cm³/mol. The molecule has 0 saturated carbocycles. The van der Waals surface area contributed by atoms with Crippen molar-refractivity contribution in [1.82, 2.24) is 4.90 Å². The van der Waals surface area contributed by atoms with Gasteiger partial charge in [-0.25, -0.2) is 0 Å². The van der Waals surface area contributed by atoms with Crippen LogP contribution in [0.1, 0.15) is 5.01 Å². The van der Waals surface area contributed by atoms with Crippen molar-refractivity contribution < 1.29 is 4.57 Å². The highest BCUT2D eigenvalue weighted by Crippen LogP contribution is 2.32. The van der Waals surface area contributed by atoms with Crippen molar-refractivity contribution in [3.05, 3.63) is 33.2 Å². The van der Waals surface area contributed by atoms with Crippen LogP contribution in [0.2, 0.25) is 0 Å². The maximum absolute atomic E-state index is 2.25. The van der Waals surface area contributed by atoms with Crippen molar-refractivity contribution in [2.24, 2.45) is 0 Å². The fourth-order valence-corrected chi connectivity index (χ4v) is 3.00. The minimum atomic E-state index is 0.966. The summed E-state index contributed by atoms with van der Waals surface area (Å²) in [5.41, 5.74) is 0. The highest BCUT2D eigenvalue weighted by Gasteiger charge is 2.25. The third-order valence-electron chi connectivity index (χ3n) is 1.98. The van der Waals surface area contributed by atoms with Gasteiger partial charge in [0.2, 0.25) is 6.67 Å². The number of hydrogen-bond donors (Lipinski definition) is 0. The molecular weight excluding hydrogens is 188 g/mol. The molecule has 1 aromatic rings. The second-order valence-corrected chi connectivity index (χ2v) is 4.56. The normalized spacial score (nSPS) is 19.0. The van der Waals surface area contributed by atoms with E-state index in [2.05, 4.69) is 38.7 Å². The first-order valence-corrected chi connectivity index (χ1v) is 5.48. The van der Waals surface area contributed by atoms with E-state index in [0.717, 1.165) is 6.67 Å². The SMILES string of the molecule is C1=CN2C[n+]3ccsc3C=C2S1. The highest BCUT2D eigenvalue weighted by atomic mass is 32.2. The molecule has 0 N–H and O–H groups in total. The molecule has 2 aliphatic heterocycles. The Morgan fingerprint density at radius 2 is 2.50 bits per heavy atom. The van der Waals surface area contributed by atoms with Crippen molar-refractivity contribution in [3.8, 4) is 0 Å². The molecule has 0 radical (unpaired) electrons. The quantitative estimate of drug-likeness (QED) is 0.583. The van der Waals surface area contributed by atoms with Crippen LogP contribution in [0.3, 0.4) is 0 Å². The Kier molecular flexibility index (Phi) is 1.33. The molecule has 0 aliphatic carbocycles. The van der Waals surface area contributed by atoms with E-state index in [1.807, 2.05) is 0 Å². The molecular formula is C8H7N2S2+. The van der Waals surface area contributed by atoms with E-state index in [1.54, 1.807) is 23.1 Å². The van der Waals surface area contributed by atoms with Crippen LogP contribution in [0.25, 0.3) is 6.08 Å². The average Bonchev–Trinajstić information content (AvgIpc) is 2.64. The van der Waals surface area contributed by atoms with Crippen molar-refractivity contribution in [1.29, 1.82) is 0 Å². The summed E-state index contributed by atoms with van der Waals surface area (Å²) in [6.07, 6.45) is 6.49. The third kappa shape index (κ3) is 0.850. The molecule has 0 atom stereocenters. The predicted octanol–water partition coefficient (Wildman–Crippen LogP) is 1.83. The molecule has 1 aromatic heterocycles. The van der Waals surface area contributed by atoms with E-state index in [0.29, 0.717) is 0 Å². The van der Waals surface area contributed by atoms with Crippen LogP contribution in [-0.4, -0.2) is 4.90 Å². The topological polar surface area (TPSA) is 7.12 Å². The van der Waals surface area contributed by atoms with Gasteiger partial charge in [0, 0.05) is 6.20 Å². The Labute approximate surface area is 78.8 Å². The molecule has 2 aliphatic rings. The summed E-state index contributed by atoms with van der Waals surface area (Å²) < 4.78 is 2.25. The zero-order chi connectivity index (χ0) is 7.97. The first-order valence-electron chi connectivity index (χ1n) is 3.72. The Morgan fingerprint density at radius 3 is 3.50 bits per heavy atom. The van der Waals surface area contributed by atoms with Gasteiger partial charge in [0.25, 0.3) is 5.01 Å². The van der Waals surface area contributed by atoms with Gasteiger partial charge in [-0.15, -0.1) is 0 Å². The van der Waals surface area contributed by atoms with E-state index in [4.69, 9.17) is 0 Å². The molecule has 0 amide bonds. The van der Waals surface area contributed by atoms with Gasteiger partial charge in [-0.1, -0.05) is 23.1 Å². The van der Waals surface area contributed by atoms with Gasteiger partial charge >= 0.3 is 0 Å². The first-order chi connectivity index (χ1) is 5.93. The fraction of sp³-hybridized carbons (Fsp3) is 0.125. The van der Waals surface area contributed by atoms with Crippen LogP contribution < -0.4 is 4.57 Å². The van der Waals surface area contributed by atoms with E-state index in [-0.39, 0.29) is 0 Å². The summed E-state index contributed by atoms with van der Waals surface area (Å²) in [6, 6.07) is 0. The first kappa shape index (κ1) is 6.74. The molecule has 0 fully saturated rings. The number of fused-ring (bicyclic) bond motifs is 2. The molecule has 0 bridgehead atoms. The lowest BCUT2D eigenvalue weighted by Crippen LogP contribution is -2.43. The Balaban J connectivity index is 2.13. The smallest absolute Gasteiger partial charge is 0.265 e. The fourth-order valence-electron chi connectivity index (χ4n) is 1.37. The summed E-state index contributed by atoms with van der Waals surface area (Å²) in [4.78, 5) is 2.25. The van der Waals surface area contributed by atoms with E-state index in [1.165, 1.54) is 10.0 Å². The molecule has 0 aromatic carbocycles. The van der Waals surface area contributed by atoms with Gasteiger partial charge in [0.15, 0.2) is 6.20 Å². The molecule has 3 rings (SSSR count). The minimum Gasteiger partial charge on any atom is -0.285 e. The number of hydrogen-bond acceptors (Lipinski definition) is 3.